The van der Waals surface area contributed by atoms with Crippen LogP contribution in [0.2, 0.25) is 5.02 Å². The van der Waals surface area contributed by atoms with E-state index in [0.29, 0.717) is 18.0 Å². The van der Waals surface area contributed by atoms with Crippen LogP contribution in [0.25, 0.3) is 10.1 Å². The van der Waals surface area contributed by atoms with E-state index in [2.05, 4.69) is 4.98 Å². The minimum absolute atomic E-state index is 0.0719. The first-order chi connectivity index (χ1) is 10.5. The Hall–Kier alpha value is -1.85. The lowest BCUT2D eigenvalue weighted by Gasteiger charge is -2.16. The maximum Gasteiger partial charge on any atom is 0.227 e. The number of carbonyl (C=O) groups is 1. The van der Waals surface area contributed by atoms with Crippen LogP contribution in [0.4, 0.5) is 0 Å². The Labute approximate surface area is 137 Å². The lowest BCUT2D eigenvalue weighted by molar-refractivity contribution is -0.129. The number of benzene rings is 1. The molecule has 0 aliphatic rings. The predicted molar refractivity (Wildman–Crippen MR) is 90.2 cm³/mol. The van der Waals surface area contributed by atoms with Gasteiger partial charge in [-0.2, -0.15) is 0 Å². The molecule has 114 valence electrons. The molecule has 3 rings (SSSR count). The Morgan fingerprint density at radius 3 is 3.00 bits per heavy atom. The summed E-state index contributed by atoms with van der Waals surface area (Å²) in [5.41, 5.74) is 1.03. The molecule has 0 radical (unpaired) electrons. The fourth-order valence-corrected chi connectivity index (χ4v) is 3.45. The molecule has 1 amide bonds. The van der Waals surface area contributed by atoms with Gasteiger partial charge in [0.15, 0.2) is 0 Å². The highest BCUT2D eigenvalue weighted by Crippen LogP contribution is 2.29. The molecule has 1 aromatic carbocycles. The van der Waals surface area contributed by atoms with Gasteiger partial charge in [-0.15, -0.1) is 11.3 Å². The molecule has 0 fully saturated rings. The number of hydrogen-bond acceptors (Lipinski definition) is 3. The van der Waals surface area contributed by atoms with Crippen LogP contribution in [0.5, 0.6) is 0 Å². The van der Waals surface area contributed by atoms with Crippen LogP contribution in [-0.4, -0.2) is 27.4 Å². The highest BCUT2D eigenvalue weighted by Gasteiger charge is 2.15. The van der Waals surface area contributed by atoms with Crippen LogP contribution in [0.3, 0.4) is 0 Å². The molecule has 22 heavy (non-hydrogen) atoms. The van der Waals surface area contributed by atoms with E-state index < -0.39 is 0 Å². The number of likely N-dealkylation sites (N-methyl/N-ethyl adjacent to an activating group) is 1. The maximum atomic E-state index is 12.4. The molecule has 0 saturated carbocycles. The van der Waals surface area contributed by atoms with Gasteiger partial charge in [-0.3, -0.25) is 4.79 Å². The van der Waals surface area contributed by atoms with Gasteiger partial charge in [-0.25, -0.2) is 4.98 Å². The van der Waals surface area contributed by atoms with E-state index >= 15 is 0 Å². The van der Waals surface area contributed by atoms with Gasteiger partial charge >= 0.3 is 0 Å². The molecular formula is C16H16ClN3OS. The summed E-state index contributed by atoms with van der Waals surface area (Å²) in [6.45, 7) is 0.505. The number of hydrogen-bond donors (Lipinski definition) is 0. The van der Waals surface area contributed by atoms with E-state index in [0.717, 1.165) is 21.5 Å². The predicted octanol–water partition coefficient (Wildman–Crippen LogP) is 3.49. The van der Waals surface area contributed by atoms with Gasteiger partial charge in [-0.1, -0.05) is 11.6 Å². The number of carbonyl (C=O) groups excluding carboxylic acids is 1. The molecule has 0 atom stereocenters. The largest absolute Gasteiger partial charge is 0.338 e. The summed E-state index contributed by atoms with van der Waals surface area (Å²) < 4.78 is 3.07. The molecule has 0 N–H and O–H groups in total. The minimum Gasteiger partial charge on any atom is -0.338 e. The van der Waals surface area contributed by atoms with Crippen LogP contribution < -0.4 is 0 Å². The zero-order valence-corrected chi connectivity index (χ0v) is 14.0. The lowest BCUT2D eigenvalue weighted by Crippen LogP contribution is -2.28. The molecule has 2 aromatic heterocycles. The van der Waals surface area contributed by atoms with Crippen LogP contribution in [-0.2, 0) is 24.8 Å². The van der Waals surface area contributed by atoms with Crippen LogP contribution in [0.15, 0.2) is 36.0 Å². The Kier molecular flexibility index (Phi) is 4.18. The summed E-state index contributed by atoms with van der Waals surface area (Å²) in [5, 5.41) is 3.80. The number of amides is 1. The third-order valence-electron chi connectivity index (χ3n) is 3.68. The summed E-state index contributed by atoms with van der Waals surface area (Å²) in [4.78, 5) is 18.4. The third-order valence-corrected chi connectivity index (χ3v) is 4.93. The van der Waals surface area contributed by atoms with E-state index in [1.165, 1.54) is 0 Å². The van der Waals surface area contributed by atoms with Gasteiger partial charge in [0, 0.05) is 36.2 Å². The first-order valence-corrected chi connectivity index (χ1v) is 8.16. The monoisotopic (exact) mass is 333 g/mol. The van der Waals surface area contributed by atoms with Crippen LogP contribution >= 0.6 is 22.9 Å². The second-order valence-corrected chi connectivity index (χ2v) is 6.63. The van der Waals surface area contributed by atoms with Crippen molar-refractivity contribution in [2.24, 2.45) is 7.05 Å². The molecule has 0 unspecified atom stereocenters. The van der Waals surface area contributed by atoms with Crippen molar-refractivity contribution < 1.29 is 4.79 Å². The van der Waals surface area contributed by atoms with E-state index in [1.54, 1.807) is 29.5 Å². The van der Waals surface area contributed by atoms with Gasteiger partial charge in [0.2, 0.25) is 5.91 Å². The molecular weight excluding hydrogens is 318 g/mol. The Bertz CT molecular complexity index is 824. The SMILES string of the molecule is CN(Cc1nccn1C)C(=O)Cc1csc2ccc(Cl)cc12. The Morgan fingerprint density at radius 2 is 2.27 bits per heavy atom. The van der Waals surface area contributed by atoms with Crippen molar-refractivity contribution in [3.63, 3.8) is 0 Å². The standard InChI is InChI=1S/C16H16ClN3OS/c1-19-6-5-18-15(19)9-20(2)16(21)7-11-10-22-14-4-3-12(17)8-13(11)14/h3-6,8,10H,7,9H2,1-2H3. The quantitative estimate of drug-likeness (QED) is 0.733. The Morgan fingerprint density at radius 1 is 1.45 bits per heavy atom. The molecule has 0 spiro atoms. The number of aromatic nitrogens is 2. The minimum atomic E-state index is 0.0719. The topological polar surface area (TPSA) is 38.1 Å². The average molecular weight is 334 g/mol. The van der Waals surface area contributed by atoms with Gasteiger partial charge in [0.05, 0.1) is 13.0 Å². The number of imidazole rings is 1. The van der Waals surface area contributed by atoms with Crippen molar-refractivity contribution in [2.45, 2.75) is 13.0 Å². The second kappa shape index (κ2) is 6.10. The molecule has 0 aliphatic heterocycles. The summed E-state index contributed by atoms with van der Waals surface area (Å²) in [7, 11) is 3.73. The molecule has 0 bridgehead atoms. The number of aryl methyl sites for hydroxylation is 1. The number of thiophene rings is 1. The van der Waals surface area contributed by atoms with Crippen LogP contribution in [0, 0.1) is 0 Å². The zero-order chi connectivity index (χ0) is 15.7. The van der Waals surface area contributed by atoms with E-state index in [4.69, 9.17) is 11.6 Å². The fraction of sp³-hybridized carbons (Fsp3) is 0.250. The smallest absolute Gasteiger partial charge is 0.227 e. The second-order valence-electron chi connectivity index (χ2n) is 5.28. The van der Waals surface area contributed by atoms with Crippen molar-refractivity contribution in [2.75, 3.05) is 7.05 Å². The van der Waals surface area contributed by atoms with E-state index in [-0.39, 0.29) is 5.91 Å². The van der Waals surface area contributed by atoms with Gasteiger partial charge in [0.25, 0.3) is 0 Å². The molecule has 3 aromatic rings. The lowest BCUT2D eigenvalue weighted by atomic mass is 10.1. The number of nitrogens with zero attached hydrogens (tertiary/aromatic N) is 3. The Balaban J connectivity index is 1.75. The number of halogens is 1. The average Bonchev–Trinajstić information content (AvgIpc) is 3.06. The van der Waals surface area contributed by atoms with E-state index in [1.807, 2.05) is 41.4 Å². The molecule has 2 heterocycles. The first-order valence-electron chi connectivity index (χ1n) is 6.90. The molecule has 4 nitrogen and oxygen atoms in total. The number of fused-ring (bicyclic) bond motifs is 1. The fourth-order valence-electron chi connectivity index (χ4n) is 2.34. The van der Waals surface area contributed by atoms with Gasteiger partial charge < -0.3 is 9.47 Å². The van der Waals surface area contributed by atoms with Crippen molar-refractivity contribution >= 4 is 38.9 Å². The van der Waals surface area contributed by atoms with Gasteiger partial charge in [-0.05, 0) is 34.5 Å². The highest BCUT2D eigenvalue weighted by molar-refractivity contribution is 7.17. The molecule has 0 saturated heterocycles. The summed E-state index contributed by atoms with van der Waals surface area (Å²) in [6.07, 6.45) is 3.99. The van der Waals surface area contributed by atoms with Gasteiger partial charge in [0.1, 0.15) is 5.82 Å². The van der Waals surface area contributed by atoms with Crippen LogP contribution in [0.1, 0.15) is 11.4 Å². The van der Waals surface area contributed by atoms with Crippen molar-refractivity contribution in [3.05, 3.63) is 52.4 Å². The van der Waals surface area contributed by atoms with Crippen molar-refractivity contribution in [1.82, 2.24) is 14.5 Å². The van der Waals surface area contributed by atoms with E-state index in [9.17, 15) is 4.79 Å². The normalized spacial score (nSPS) is 11.0. The third kappa shape index (κ3) is 3.00. The highest BCUT2D eigenvalue weighted by atomic mass is 35.5. The van der Waals surface area contributed by atoms with Crippen molar-refractivity contribution in [3.8, 4) is 0 Å². The number of rotatable bonds is 4. The zero-order valence-electron chi connectivity index (χ0n) is 12.4. The first kappa shape index (κ1) is 15.1. The summed E-state index contributed by atoms with van der Waals surface area (Å²) in [6, 6.07) is 5.79. The summed E-state index contributed by atoms with van der Waals surface area (Å²) >= 11 is 7.70. The maximum absolute atomic E-state index is 12.4. The molecule has 0 aliphatic carbocycles. The summed E-state index contributed by atoms with van der Waals surface area (Å²) in [5.74, 6) is 0.941. The van der Waals surface area contributed by atoms with Crippen molar-refractivity contribution in [1.29, 1.82) is 0 Å². The molecule has 6 heteroatoms.